The summed E-state index contributed by atoms with van der Waals surface area (Å²) in [6.07, 6.45) is -3.79. The van der Waals surface area contributed by atoms with Crippen LogP contribution in [0, 0.1) is 0 Å². The van der Waals surface area contributed by atoms with E-state index in [0.29, 0.717) is 4.90 Å². The van der Waals surface area contributed by atoms with Gasteiger partial charge in [-0.1, -0.05) is 0 Å². The zero-order valence-corrected chi connectivity index (χ0v) is 9.11. The zero-order chi connectivity index (χ0) is 13.8. The van der Waals surface area contributed by atoms with E-state index in [1.165, 1.54) is 0 Å². The van der Waals surface area contributed by atoms with Crippen molar-refractivity contribution in [3.8, 4) is 0 Å². The number of nitrogens with zero attached hydrogens (tertiary/aromatic N) is 1. The van der Waals surface area contributed by atoms with Gasteiger partial charge in [-0.25, -0.2) is 4.79 Å². The van der Waals surface area contributed by atoms with Crippen molar-refractivity contribution in [3.05, 3.63) is 34.4 Å². The molecule has 0 saturated carbocycles. The first-order chi connectivity index (χ1) is 8.33. The van der Waals surface area contributed by atoms with Gasteiger partial charge >= 0.3 is 11.8 Å². The predicted molar refractivity (Wildman–Crippen MR) is 54.0 cm³/mol. The molecule has 0 aliphatic carbocycles. The standard InChI is InChI=1S/C10H10F3NO4/c11-10(12,13)6-14(3-4-15)9(17)7-1-2-8(16)18-5-7/h1-2,5,15H,3-4,6H2. The van der Waals surface area contributed by atoms with Gasteiger partial charge in [-0.3, -0.25) is 4.79 Å². The van der Waals surface area contributed by atoms with E-state index in [9.17, 15) is 22.8 Å². The van der Waals surface area contributed by atoms with Crippen LogP contribution in [-0.2, 0) is 0 Å². The number of hydrogen-bond acceptors (Lipinski definition) is 4. The van der Waals surface area contributed by atoms with Crippen LogP contribution >= 0.6 is 0 Å². The van der Waals surface area contributed by atoms with E-state index in [4.69, 9.17) is 5.11 Å². The topological polar surface area (TPSA) is 70.8 Å². The van der Waals surface area contributed by atoms with E-state index in [1.54, 1.807) is 0 Å². The number of carbonyl (C=O) groups is 1. The van der Waals surface area contributed by atoms with E-state index in [1.807, 2.05) is 0 Å². The fourth-order valence-electron chi connectivity index (χ4n) is 1.25. The lowest BCUT2D eigenvalue weighted by Crippen LogP contribution is -2.40. The second-order valence-corrected chi connectivity index (χ2v) is 3.41. The summed E-state index contributed by atoms with van der Waals surface area (Å²) >= 11 is 0. The van der Waals surface area contributed by atoms with Crippen molar-refractivity contribution >= 4 is 5.91 Å². The number of aliphatic hydroxyl groups excluding tert-OH is 1. The third kappa shape index (κ3) is 4.21. The van der Waals surface area contributed by atoms with Crippen LogP contribution in [0.5, 0.6) is 0 Å². The highest BCUT2D eigenvalue weighted by atomic mass is 19.4. The Labute approximate surface area is 99.4 Å². The minimum atomic E-state index is -4.57. The Morgan fingerprint density at radius 1 is 1.39 bits per heavy atom. The van der Waals surface area contributed by atoms with Crippen molar-refractivity contribution in [3.63, 3.8) is 0 Å². The first-order valence-corrected chi connectivity index (χ1v) is 4.89. The second-order valence-electron chi connectivity index (χ2n) is 3.41. The van der Waals surface area contributed by atoms with Gasteiger partial charge in [0, 0.05) is 12.6 Å². The maximum absolute atomic E-state index is 12.2. The van der Waals surface area contributed by atoms with E-state index in [-0.39, 0.29) is 5.56 Å². The molecule has 0 fully saturated rings. The number of halogens is 3. The fraction of sp³-hybridized carbons (Fsp3) is 0.400. The molecule has 18 heavy (non-hydrogen) atoms. The summed E-state index contributed by atoms with van der Waals surface area (Å²) in [5.74, 6) is -0.967. The fourth-order valence-corrected chi connectivity index (χ4v) is 1.25. The lowest BCUT2D eigenvalue weighted by molar-refractivity contribution is -0.141. The highest BCUT2D eigenvalue weighted by molar-refractivity contribution is 5.93. The summed E-state index contributed by atoms with van der Waals surface area (Å²) in [6.45, 7) is -2.54. The summed E-state index contributed by atoms with van der Waals surface area (Å²) in [5.41, 5.74) is -0.900. The van der Waals surface area contributed by atoms with Crippen molar-refractivity contribution in [1.29, 1.82) is 0 Å². The first-order valence-electron chi connectivity index (χ1n) is 4.89. The maximum Gasteiger partial charge on any atom is 0.406 e. The molecule has 0 aromatic carbocycles. The molecule has 0 atom stereocenters. The molecule has 0 aliphatic rings. The van der Waals surface area contributed by atoms with Gasteiger partial charge in [-0.05, 0) is 6.07 Å². The predicted octanol–water partition coefficient (Wildman–Crippen LogP) is 0.637. The van der Waals surface area contributed by atoms with Crippen LogP contribution in [0.1, 0.15) is 10.4 Å². The number of amides is 1. The summed E-state index contributed by atoms with van der Waals surface area (Å²) in [5, 5.41) is 8.64. The molecule has 0 spiro atoms. The van der Waals surface area contributed by atoms with Crippen LogP contribution in [0.15, 0.2) is 27.6 Å². The summed E-state index contributed by atoms with van der Waals surface area (Å²) in [6, 6.07) is 1.99. The lowest BCUT2D eigenvalue weighted by atomic mass is 10.2. The third-order valence-corrected chi connectivity index (χ3v) is 1.98. The minimum absolute atomic E-state index is 0.188. The van der Waals surface area contributed by atoms with Gasteiger partial charge in [0.15, 0.2) is 0 Å². The normalized spacial score (nSPS) is 11.3. The Balaban J connectivity index is 2.88. The summed E-state index contributed by atoms with van der Waals surface area (Å²) < 4.78 is 41.1. The largest absolute Gasteiger partial charge is 0.430 e. The molecule has 1 aromatic rings. The van der Waals surface area contributed by atoms with Gasteiger partial charge < -0.3 is 14.4 Å². The van der Waals surface area contributed by atoms with E-state index >= 15 is 0 Å². The van der Waals surface area contributed by atoms with Gasteiger partial charge in [0.05, 0.1) is 12.2 Å². The number of rotatable bonds is 4. The number of carbonyl (C=O) groups excluding carboxylic acids is 1. The zero-order valence-electron chi connectivity index (χ0n) is 9.11. The quantitative estimate of drug-likeness (QED) is 0.867. The molecule has 1 N–H and O–H groups in total. The molecule has 0 aliphatic heterocycles. The smallest absolute Gasteiger partial charge is 0.406 e. The monoisotopic (exact) mass is 265 g/mol. The van der Waals surface area contributed by atoms with Crippen molar-refractivity contribution in [2.75, 3.05) is 19.7 Å². The molecular formula is C10H10F3NO4. The van der Waals surface area contributed by atoms with E-state index in [2.05, 4.69) is 4.42 Å². The van der Waals surface area contributed by atoms with Crippen molar-refractivity contribution < 1.29 is 27.5 Å². The lowest BCUT2D eigenvalue weighted by Gasteiger charge is -2.22. The SMILES string of the molecule is O=C(c1ccc(=O)oc1)N(CCO)CC(F)(F)F. The molecule has 100 valence electrons. The molecular weight excluding hydrogens is 255 g/mol. The molecule has 1 aromatic heterocycles. The van der Waals surface area contributed by atoms with Crippen LogP contribution in [0.2, 0.25) is 0 Å². The molecule has 0 saturated heterocycles. The molecule has 8 heteroatoms. The Bertz CT molecular complexity index is 448. The van der Waals surface area contributed by atoms with Crippen LogP contribution in [0.25, 0.3) is 0 Å². The van der Waals surface area contributed by atoms with Crippen LogP contribution in [0.4, 0.5) is 13.2 Å². The Hall–Kier alpha value is -1.83. The maximum atomic E-state index is 12.2. The van der Waals surface area contributed by atoms with Crippen LogP contribution in [-0.4, -0.2) is 41.8 Å². The van der Waals surface area contributed by atoms with Gasteiger partial charge in [-0.2, -0.15) is 13.2 Å². The molecule has 1 amide bonds. The average Bonchev–Trinajstić information content (AvgIpc) is 2.27. The molecule has 5 nitrogen and oxygen atoms in total. The third-order valence-electron chi connectivity index (χ3n) is 1.98. The van der Waals surface area contributed by atoms with Crippen LogP contribution in [0.3, 0.4) is 0 Å². The molecule has 0 bridgehead atoms. The van der Waals surface area contributed by atoms with Gasteiger partial charge in [0.1, 0.15) is 12.8 Å². The van der Waals surface area contributed by atoms with Crippen molar-refractivity contribution in [2.45, 2.75) is 6.18 Å². The minimum Gasteiger partial charge on any atom is -0.430 e. The van der Waals surface area contributed by atoms with E-state index in [0.717, 1.165) is 18.4 Å². The number of alkyl halides is 3. The molecule has 0 unspecified atom stereocenters. The van der Waals surface area contributed by atoms with Crippen molar-refractivity contribution in [1.82, 2.24) is 4.90 Å². The van der Waals surface area contributed by atoms with Gasteiger partial charge in [-0.15, -0.1) is 0 Å². The Morgan fingerprint density at radius 2 is 2.06 bits per heavy atom. The molecule has 0 radical (unpaired) electrons. The van der Waals surface area contributed by atoms with Gasteiger partial charge in [0.2, 0.25) is 0 Å². The van der Waals surface area contributed by atoms with Crippen LogP contribution < -0.4 is 5.63 Å². The Morgan fingerprint density at radius 3 is 2.50 bits per heavy atom. The summed E-state index contributed by atoms with van der Waals surface area (Å²) in [4.78, 5) is 22.8. The first kappa shape index (κ1) is 14.2. The van der Waals surface area contributed by atoms with Gasteiger partial charge in [0.25, 0.3) is 5.91 Å². The Kier molecular flexibility index (Phi) is 4.49. The summed E-state index contributed by atoms with van der Waals surface area (Å²) in [7, 11) is 0. The molecule has 1 heterocycles. The highest BCUT2D eigenvalue weighted by Gasteiger charge is 2.33. The van der Waals surface area contributed by atoms with E-state index < -0.39 is 37.4 Å². The van der Waals surface area contributed by atoms with Crippen molar-refractivity contribution in [2.24, 2.45) is 0 Å². The average molecular weight is 265 g/mol. The highest BCUT2D eigenvalue weighted by Crippen LogP contribution is 2.17. The number of aliphatic hydroxyl groups is 1. The second kappa shape index (κ2) is 5.67. The number of hydrogen-bond donors (Lipinski definition) is 1. The molecule has 1 rings (SSSR count).